The molecule has 0 spiro atoms. The normalized spacial score (nSPS) is 17.0. The summed E-state index contributed by atoms with van der Waals surface area (Å²) in [5, 5.41) is 5.91. The van der Waals surface area contributed by atoms with Crippen LogP contribution in [0.1, 0.15) is 62.9 Å². The van der Waals surface area contributed by atoms with Gasteiger partial charge in [-0.3, -0.25) is 9.59 Å². The van der Waals surface area contributed by atoms with E-state index < -0.39 is 16.1 Å². The van der Waals surface area contributed by atoms with Gasteiger partial charge >= 0.3 is 0 Å². The molecule has 0 bridgehead atoms. The van der Waals surface area contributed by atoms with E-state index in [0.717, 1.165) is 11.3 Å². The summed E-state index contributed by atoms with van der Waals surface area (Å²) in [5.41, 5.74) is 1.67. The number of hydrogen-bond acceptors (Lipinski definition) is 5. The molecule has 1 saturated heterocycles. The Bertz CT molecular complexity index is 871. The SMILES string of the molecule is CCS(=O)(=O)N1CCC(NC(=O)[C@@H](CCSC)NC(=O)c2ccc(C(C)(C)C)cc2)CC1. The fourth-order valence-corrected chi connectivity index (χ4v) is 5.23. The number of nitrogens with one attached hydrogen (secondary N) is 2. The van der Waals surface area contributed by atoms with Gasteiger partial charge in [0.1, 0.15) is 6.04 Å². The van der Waals surface area contributed by atoms with Crippen LogP contribution in [0, 0.1) is 0 Å². The molecule has 1 aromatic carbocycles. The first kappa shape index (κ1) is 26.7. The van der Waals surface area contributed by atoms with Gasteiger partial charge < -0.3 is 10.6 Å². The first-order valence-corrected chi connectivity index (χ1v) is 14.2. The average molecular weight is 484 g/mol. The van der Waals surface area contributed by atoms with E-state index in [1.165, 1.54) is 4.31 Å². The third-order valence-electron chi connectivity index (χ3n) is 5.80. The molecule has 32 heavy (non-hydrogen) atoms. The molecule has 2 rings (SSSR count). The summed E-state index contributed by atoms with van der Waals surface area (Å²) in [6.45, 7) is 8.80. The van der Waals surface area contributed by atoms with Gasteiger partial charge in [0.2, 0.25) is 15.9 Å². The lowest BCUT2D eigenvalue weighted by atomic mass is 9.86. The van der Waals surface area contributed by atoms with Crippen LogP contribution in [0.3, 0.4) is 0 Å². The summed E-state index contributed by atoms with van der Waals surface area (Å²) < 4.78 is 25.6. The minimum Gasteiger partial charge on any atom is -0.351 e. The second kappa shape index (κ2) is 11.5. The largest absolute Gasteiger partial charge is 0.351 e. The fraction of sp³-hybridized carbons (Fsp3) is 0.652. The molecule has 1 aromatic rings. The number of benzene rings is 1. The van der Waals surface area contributed by atoms with Gasteiger partial charge in [0.05, 0.1) is 5.75 Å². The maximum atomic E-state index is 12.9. The van der Waals surface area contributed by atoms with E-state index in [9.17, 15) is 18.0 Å². The molecular formula is C23H37N3O4S2. The van der Waals surface area contributed by atoms with Crippen molar-refractivity contribution in [1.29, 1.82) is 0 Å². The third-order valence-corrected chi connectivity index (χ3v) is 8.33. The highest BCUT2D eigenvalue weighted by molar-refractivity contribution is 7.98. The van der Waals surface area contributed by atoms with Crippen molar-refractivity contribution in [2.24, 2.45) is 0 Å². The predicted octanol–water partition coefficient (Wildman–Crippen LogP) is 2.77. The summed E-state index contributed by atoms with van der Waals surface area (Å²) in [6.07, 6.45) is 3.64. The molecule has 1 heterocycles. The molecule has 2 amide bonds. The standard InChI is InChI=1S/C23H37N3O4S2/c1-6-32(29,30)26-14-11-19(12-15-26)24-22(28)20(13-16-31-5)25-21(27)17-7-9-18(10-8-17)23(2,3)4/h7-10,19-20H,6,11-16H2,1-5H3,(H,24,28)(H,25,27)/t20-/m1/s1. The lowest BCUT2D eigenvalue weighted by Crippen LogP contribution is -2.53. The Balaban J connectivity index is 1.98. The van der Waals surface area contributed by atoms with Crippen molar-refractivity contribution in [3.8, 4) is 0 Å². The number of nitrogens with zero attached hydrogens (tertiary/aromatic N) is 1. The molecule has 0 radical (unpaired) electrons. The van der Waals surface area contributed by atoms with Crippen molar-refractivity contribution < 1.29 is 18.0 Å². The molecule has 0 aliphatic carbocycles. The molecule has 2 N–H and O–H groups in total. The van der Waals surface area contributed by atoms with Gasteiger partial charge in [0, 0.05) is 24.7 Å². The number of piperidine rings is 1. The van der Waals surface area contributed by atoms with Crippen LogP contribution in [-0.4, -0.2) is 67.5 Å². The first-order valence-electron chi connectivity index (χ1n) is 11.2. The van der Waals surface area contributed by atoms with E-state index >= 15 is 0 Å². The van der Waals surface area contributed by atoms with E-state index in [4.69, 9.17) is 0 Å². The highest BCUT2D eigenvalue weighted by Gasteiger charge is 2.29. The predicted molar refractivity (Wildman–Crippen MR) is 132 cm³/mol. The Morgan fingerprint density at radius 1 is 1.16 bits per heavy atom. The van der Waals surface area contributed by atoms with Gasteiger partial charge in [-0.05, 0) is 61.3 Å². The topological polar surface area (TPSA) is 95.6 Å². The van der Waals surface area contributed by atoms with E-state index in [1.54, 1.807) is 30.8 Å². The zero-order valence-corrected chi connectivity index (χ0v) is 21.4. The second-order valence-electron chi connectivity index (χ2n) is 9.22. The number of carbonyl (C=O) groups is 2. The van der Waals surface area contributed by atoms with Crippen molar-refractivity contribution in [2.45, 2.75) is 64.5 Å². The van der Waals surface area contributed by atoms with Crippen LogP contribution in [0.4, 0.5) is 0 Å². The highest BCUT2D eigenvalue weighted by Crippen LogP contribution is 2.22. The van der Waals surface area contributed by atoms with Gasteiger partial charge in [-0.2, -0.15) is 11.8 Å². The quantitative estimate of drug-likeness (QED) is 0.563. The summed E-state index contributed by atoms with van der Waals surface area (Å²) in [7, 11) is -3.20. The van der Waals surface area contributed by atoms with Crippen molar-refractivity contribution in [3.05, 3.63) is 35.4 Å². The maximum Gasteiger partial charge on any atom is 0.251 e. The van der Waals surface area contributed by atoms with E-state index in [-0.39, 0.29) is 29.0 Å². The lowest BCUT2D eigenvalue weighted by Gasteiger charge is -2.32. The molecule has 7 nitrogen and oxygen atoms in total. The summed E-state index contributed by atoms with van der Waals surface area (Å²) in [5.74, 6) is 0.351. The van der Waals surface area contributed by atoms with Gasteiger partial charge in [-0.25, -0.2) is 12.7 Å². The Labute approximate surface area is 197 Å². The number of thioether (sulfide) groups is 1. The molecule has 0 unspecified atom stereocenters. The summed E-state index contributed by atoms with van der Waals surface area (Å²) in [4.78, 5) is 25.7. The number of sulfonamides is 1. The van der Waals surface area contributed by atoms with Gasteiger partial charge in [0.25, 0.3) is 5.91 Å². The second-order valence-corrected chi connectivity index (χ2v) is 12.5. The van der Waals surface area contributed by atoms with Gasteiger partial charge in [-0.15, -0.1) is 0 Å². The van der Waals surface area contributed by atoms with Gasteiger partial charge in [-0.1, -0.05) is 32.9 Å². The Morgan fingerprint density at radius 2 is 1.75 bits per heavy atom. The molecule has 0 saturated carbocycles. The number of rotatable bonds is 9. The molecule has 1 aliphatic rings. The fourth-order valence-electron chi connectivity index (χ4n) is 3.63. The molecular weight excluding hydrogens is 446 g/mol. The first-order chi connectivity index (χ1) is 15.0. The zero-order valence-electron chi connectivity index (χ0n) is 19.8. The van der Waals surface area contributed by atoms with E-state index in [1.807, 2.05) is 18.4 Å². The monoisotopic (exact) mass is 483 g/mol. The van der Waals surface area contributed by atoms with Crippen LogP contribution in [0.25, 0.3) is 0 Å². The van der Waals surface area contributed by atoms with Crippen molar-refractivity contribution in [2.75, 3.05) is 30.9 Å². The van der Waals surface area contributed by atoms with Crippen molar-refractivity contribution >= 4 is 33.6 Å². The summed E-state index contributed by atoms with van der Waals surface area (Å²) in [6, 6.07) is 6.76. The molecule has 180 valence electrons. The molecule has 0 aromatic heterocycles. The number of carbonyl (C=O) groups excluding carboxylic acids is 2. The summed E-state index contributed by atoms with van der Waals surface area (Å²) >= 11 is 1.62. The minimum atomic E-state index is -3.20. The molecule has 1 aliphatic heterocycles. The number of hydrogen-bond donors (Lipinski definition) is 2. The number of amides is 2. The lowest BCUT2D eigenvalue weighted by molar-refractivity contribution is -0.124. The van der Waals surface area contributed by atoms with Crippen LogP contribution in [0.2, 0.25) is 0 Å². The molecule has 1 fully saturated rings. The van der Waals surface area contributed by atoms with E-state index in [2.05, 4.69) is 31.4 Å². The van der Waals surface area contributed by atoms with Crippen LogP contribution >= 0.6 is 11.8 Å². The minimum absolute atomic E-state index is 0.00180. The van der Waals surface area contributed by atoms with Crippen LogP contribution in [0.5, 0.6) is 0 Å². The Hall–Kier alpha value is -1.58. The van der Waals surface area contributed by atoms with Crippen molar-refractivity contribution in [3.63, 3.8) is 0 Å². The highest BCUT2D eigenvalue weighted by atomic mass is 32.2. The van der Waals surface area contributed by atoms with E-state index in [0.29, 0.717) is 37.9 Å². The van der Waals surface area contributed by atoms with Crippen LogP contribution in [-0.2, 0) is 20.2 Å². The zero-order chi connectivity index (χ0) is 23.9. The van der Waals surface area contributed by atoms with Crippen molar-refractivity contribution in [1.82, 2.24) is 14.9 Å². The Morgan fingerprint density at radius 3 is 2.25 bits per heavy atom. The smallest absolute Gasteiger partial charge is 0.251 e. The molecule has 9 heteroatoms. The van der Waals surface area contributed by atoms with Crippen LogP contribution < -0.4 is 10.6 Å². The third kappa shape index (κ3) is 7.49. The van der Waals surface area contributed by atoms with Gasteiger partial charge in [0.15, 0.2) is 0 Å². The average Bonchev–Trinajstić information content (AvgIpc) is 2.76. The molecule has 1 atom stereocenters. The Kier molecular flexibility index (Phi) is 9.60. The van der Waals surface area contributed by atoms with Crippen LogP contribution in [0.15, 0.2) is 24.3 Å². The maximum absolute atomic E-state index is 12.9.